The van der Waals surface area contributed by atoms with Gasteiger partial charge in [-0.1, -0.05) is 12.1 Å². The summed E-state index contributed by atoms with van der Waals surface area (Å²) in [6, 6.07) is 13.1. The van der Waals surface area contributed by atoms with Crippen LogP contribution in [0.1, 0.15) is 15.9 Å². The highest BCUT2D eigenvalue weighted by Crippen LogP contribution is 2.37. The topological polar surface area (TPSA) is 79.9 Å². The number of aryl methyl sites for hydroxylation is 1. The van der Waals surface area contributed by atoms with Crippen LogP contribution in [-0.2, 0) is 6.54 Å². The summed E-state index contributed by atoms with van der Waals surface area (Å²) in [6.07, 6.45) is 3.45. The van der Waals surface area contributed by atoms with E-state index in [0.717, 1.165) is 16.7 Å². The molecule has 2 heterocycles. The molecule has 2 aromatic carbocycles. The normalized spacial score (nSPS) is 12.2. The number of amides is 1. The van der Waals surface area contributed by atoms with Crippen LogP contribution in [0.5, 0.6) is 11.5 Å². The summed E-state index contributed by atoms with van der Waals surface area (Å²) in [6.45, 7) is 2.14. The van der Waals surface area contributed by atoms with Gasteiger partial charge in [-0.2, -0.15) is 10.4 Å². The van der Waals surface area contributed by atoms with Crippen LogP contribution in [-0.4, -0.2) is 15.7 Å². The molecule has 0 aliphatic carbocycles. The summed E-state index contributed by atoms with van der Waals surface area (Å²) < 4.78 is 7.47. The van der Waals surface area contributed by atoms with Crippen molar-refractivity contribution in [3.05, 3.63) is 59.9 Å². The fraction of sp³-hybridized carbons (Fsp3) is 0.105. The fourth-order valence-electron chi connectivity index (χ4n) is 2.79. The van der Waals surface area contributed by atoms with E-state index in [9.17, 15) is 4.79 Å². The third kappa shape index (κ3) is 2.72. The number of carbonyl (C=O) groups is 1. The fourth-order valence-corrected chi connectivity index (χ4v) is 2.79. The number of fused-ring (bicyclic) bond motifs is 2. The molecule has 6 heteroatoms. The molecule has 1 amide bonds. The molecular formula is C19H14N4O2. The van der Waals surface area contributed by atoms with Crippen LogP contribution in [0.25, 0.3) is 11.1 Å². The number of hydrogen-bond acceptors (Lipinski definition) is 4. The van der Waals surface area contributed by atoms with Gasteiger partial charge < -0.3 is 10.1 Å². The van der Waals surface area contributed by atoms with E-state index in [0.29, 0.717) is 22.7 Å². The molecule has 1 aromatic heterocycles. The second kappa shape index (κ2) is 5.80. The smallest absolute Gasteiger partial charge is 0.259 e. The Kier molecular flexibility index (Phi) is 3.47. The molecule has 0 radical (unpaired) electrons. The number of rotatable bonds is 2. The number of nitrogens with one attached hydrogen (secondary N) is 1. The minimum absolute atomic E-state index is 0.184. The van der Waals surface area contributed by atoms with Crippen LogP contribution in [0.15, 0.2) is 48.8 Å². The van der Waals surface area contributed by atoms with Crippen LogP contribution in [0, 0.1) is 18.3 Å². The SMILES string of the molecule is Cc1ccc2c(c1)NC(=O)c1cc(-c3cnn(CC#N)c3)ccc1O2. The van der Waals surface area contributed by atoms with Crippen molar-refractivity contribution in [3.8, 4) is 28.7 Å². The molecule has 0 saturated carbocycles. The van der Waals surface area contributed by atoms with Gasteiger partial charge in [-0.05, 0) is 42.3 Å². The first kappa shape index (κ1) is 15.0. The molecule has 0 bridgehead atoms. The molecule has 1 aliphatic rings. The van der Waals surface area contributed by atoms with Crippen LogP contribution >= 0.6 is 0 Å². The van der Waals surface area contributed by atoms with E-state index in [-0.39, 0.29) is 12.5 Å². The van der Waals surface area contributed by atoms with Crippen molar-refractivity contribution in [2.24, 2.45) is 0 Å². The van der Waals surface area contributed by atoms with Crippen molar-refractivity contribution in [3.63, 3.8) is 0 Å². The second-order valence-corrected chi connectivity index (χ2v) is 5.85. The van der Waals surface area contributed by atoms with Crippen molar-refractivity contribution in [1.29, 1.82) is 5.26 Å². The van der Waals surface area contributed by atoms with Gasteiger partial charge in [-0.3, -0.25) is 9.48 Å². The molecule has 1 aliphatic heterocycles. The number of hydrogen-bond donors (Lipinski definition) is 1. The monoisotopic (exact) mass is 330 g/mol. The predicted octanol–water partition coefficient (Wildman–Crippen LogP) is 3.74. The van der Waals surface area contributed by atoms with Gasteiger partial charge in [0.25, 0.3) is 5.91 Å². The average molecular weight is 330 g/mol. The lowest BCUT2D eigenvalue weighted by Crippen LogP contribution is -2.10. The maximum absolute atomic E-state index is 12.6. The summed E-state index contributed by atoms with van der Waals surface area (Å²) >= 11 is 0. The first-order valence-corrected chi connectivity index (χ1v) is 7.78. The standard InChI is InChI=1S/C19H14N4O2/c1-12-2-4-18-16(8-12)22-19(24)15-9-13(3-5-17(15)25-18)14-10-21-23(11-14)7-6-20/h2-5,8-11H,7H2,1H3,(H,22,24). The van der Waals surface area contributed by atoms with E-state index in [1.165, 1.54) is 0 Å². The molecule has 4 rings (SSSR count). The summed E-state index contributed by atoms with van der Waals surface area (Å²) in [5, 5.41) is 15.8. The quantitative estimate of drug-likeness (QED) is 0.776. The molecule has 122 valence electrons. The van der Waals surface area contributed by atoms with E-state index >= 15 is 0 Å². The van der Waals surface area contributed by atoms with Crippen LogP contribution in [0.3, 0.4) is 0 Å². The van der Waals surface area contributed by atoms with Crippen molar-refractivity contribution < 1.29 is 9.53 Å². The van der Waals surface area contributed by atoms with Gasteiger partial charge in [-0.15, -0.1) is 0 Å². The van der Waals surface area contributed by atoms with Gasteiger partial charge in [0.2, 0.25) is 0 Å². The molecule has 0 spiro atoms. The van der Waals surface area contributed by atoms with Crippen molar-refractivity contribution in [2.45, 2.75) is 13.5 Å². The molecule has 0 saturated heterocycles. The Morgan fingerprint density at radius 3 is 2.88 bits per heavy atom. The zero-order valence-electron chi connectivity index (χ0n) is 13.5. The Morgan fingerprint density at radius 2 is 2.04 bits per heavy atom. The Labute approximate surface area is 144 Å². The third-order valence-corrected chi connectivity index (χ3v) is 4.03. The summed E-state index contributed by atoms with van der Waals surface area (Å²) in [5.41, 5.74) is 3.83. The maximum Gasteiger partial charge on any atom is 0.259 e. The van der Waals surface area contributed by atoms with E-state index in [2.05, 4.69) is 10.4 Å². The summed E-state index contributed by atoms with van der Waals surface area (Å²) in [5.74, 6) is 0.908. The van der Waals surface area contributed by atoms with Gasteiger partial charge in [-0.25, -0.2) is 0 Å². The Balaban J connectivity index is 1.74. The zero-order chi connectivity index (χ0) is 17.4. The molecule has 0 fully saturated rings. The lowest BCUT2D eigenvalue weighted by molar-refractivity contribution is 0.102. The van der Waals surface area contributed by atoms with Crippen LogP contribution in [0.2, 0.25) is 0 Å². The lowest BCUT2D eigenvalue weighted by atomic mass is 10.0. The molecule has 3 aromatic rings. The van der Waals surface area contributed by atoms with Gasteiger partial charge in [0.15, 0.2) is 5.75 Å². The highest BCUT2D eigenvalue weighted by Gasteiger charge is 2.21. The van der Waals surface area contributed by atoms with E-state index in [1.54, 1.807) is 29.2 Å². The van der Waals surface area contributed by atoms with E-state index in [1.807, 2.05) is 37.3 Å². The predicted molar refractivity (Wildman–Crippen MR) is 92.5 cm³/mol. The second-order valence-electron chi connectivity index (χ2n) is 5.85. The average Bonchev–Trinajstić information content (AvgIpc) is 3.01. The number of nitriles is 1. The number of nitrogens with zero attached hydrogens (tertiary/aromatic N) is 3. The summed E-state index contributed by atoms with van der Waals surface area (Å²) in [7, 11) is 0. The van der Waals surface area contributed by atoms with Gasteiger partial charge in [0, 0.05) is 11.8 Å². The van der Waals surface area contributed by atoms with E-state index in [4.69, 9.17) is 10.00 Å². The van der Waals surface area contributed by atoms with Gasteiger partial charge in [0.1, 0.15) is 12.3 Å². The van der Waals surface area contributed by atoms with Crippen molar-refractivity contribution in [2.75, 3.05) is 5.32 Å². The van der Waals surface area contributed by atoms with Crippen molar-refractivity contribution in [1.82, 2.24) is 9.78 Å². The number of benzene rings is 2. The zero-order valence-corrected chi connectivity index (χ0v) is 13.5. The van der Waals surface area contributed by atoms with Gasteiger partial charge in [0.05, 0.1) is 23.5 Å². The summed E-state index contributed by atoms with van der Waals surface area (Å²) in [4.78, 5) is 12.6. The molecular weight excluding hydrogens is 316 g/mol. The van der Waals surface area contributed by atoms with Crippen LogP contribution < -0.4 is 10.1 Å². The molecule has 1 N–H and O–H groups in total. The minimum atomic E-state index is -0.217. The van der Waals surface area contributed by atoms with Gasteiger partial charge >= 0.3 is 0 Å². The van der Waals surface area contributed by atoms with E-state index < -0.39 is 0 Å². The number of carbonyl (C=O) groups excluding carboxylic acids is 1. The molecule has 0 unspecified atom stereocenters. The Hall–Kier alpha value is -3.59. The number of anilines is 1. The largest absolute Gasteiger partial charge is 0.454 e. The third-order valence-electron chi connectivity index (χ3n) is 4.03. The highest BCUT2D eigenvalue weighted by molar-refractivity contribution is 6.08. The minimum Gasteiger partial charge on any atom is -0.454 e. The lowest BCUT2D eigenvalue weighted by Gasteiger charge is -2.08. The molecule has 0 atom stereocenters. The first-order chi connectivity index (χ1) is 12.1. The molecule has 25 heavy (non-hydrogen) atoms. The maximum atomic E-state index is 12.6. The highest BCUT2D eigenvalue weighted by atomic mass is 16.5. The number of aromatic nitrogens is 2. The Morgan fingerprint density at radius 1 is 1.20 bits per heavy atom. The van der Waals surface area contributed by atoms with Crippen LogP contribution in [0.4, 0.5) is 5.69 Å². The Bertz CT molecular complexity index is 1030. The van der Waals surface area contributed by atoms with Crippen molar-refractivity contribution >= 4 is 11.6 Å². The number of ether oxygens (including phenoxy) is 1. The molecule has 6 nitrogen and oxygen atoms in total. The first-order valence-electron chi connectivity index (χ1n) is 7.78.